The summed E-state index contributed by atoms with van der Waals surface area (Å²) in [4.78, 5) is 13.5. The second kappa shape index (κ2) is 9.27. The molecule has 1 aliphatic rings. The van der Waals surface area contributed by atoms with Gasteiger partial charge in [0.1, 0.15) is 0 Å². The number of nitrogens with zero attached hydrogens (tertiary/aromatic N) is 1. The fraction of sp³-hybridized carbons (Fsp3) is 0.227. The number of carbonyl (C=O) groups is 1. The molecule has 1 aliphatic heterocycles. The molecule has 5 N–H and O–H groups in total. The first-order valence-electron chi connectivity index (χ1n) is 10.0. The quantitative estimate of drug-likeness (QED) is 0.303. The molecule has 1 aromatic heterocycles. The van der Waals surface area contributed by atoms with Crippen LogP contribution >= 0.6 is 11.8 Å². The monoisotopic (exact) mass is 461 g/mol. The lowest BCUT2D eigenvalue weighted by Gasteiger charge is -2.25. The van der Waals surface area contributed by atoms with E-state index >= 15 is 0 Å². The van der Waals surface area contributed by atoms with Gasteiger partial charge in [-0.1, -0.05) is 11.8 Å². The third-order valence-corrected chi connectivity index (χ3v) is 6.00. The Morgan fingerprint density at radius 3 is 2.59 bits per heavy atom. The van der Waals surface area contributed by atoms with Crippen LogP contribution in [0.2, 0.25) is 0 Å². The Balaban J connectivity index is 1.63. The highest BCUT2D eigenvalue weighted by Crippen LogP contribution is 2.50. The van der Waals surface area contributed by atoms with Crippen molar-refractivity contribution in [3.63, 3.8) is 0 Å². The van der Waals surface area contributed by atoms with Gasteiger partial charge in [0.25, 0.3) is 0 Å². The summed E-state index contributed by atoms with van der Waals surface area (Å²) in [5, 5.41) is 8.82. The molecule has 168 valence electrons. The van der Waals surface area contributed by atoms with E-state index in [0.717, 1.165) is 28.4 Å². The maximum Gasteiger partial charge on any atom is 0.416 e. The largest absolute Gasteiger partial charge is 0.416 e. The molecule has 3 aromatic rings. The minimum absolute atomic E-state index is 0.103. The van der Waals surface area contributed by atoms with Crippen molar-refractivity contribution < 1.29 is 18.0 Å². The predicted octanol–water partition coefficient (Wildman–Crippen LogP) is 4.58. The maximum absolute atomic E-state index is 13.5. The van der Waals surface area contributed by atoms with Gasteiger partial charge in [0.2, 0.25) is 5.91 Å². The van der Waals surface area contributed by atoms with Crippen molar-refractivity contribution in [1.29, 1.82) is 0 Å². The van der Waals surface area contributed by atoms with Crippen molar-refractivity contribution in [2.24, 2.45) is 5.73 Å². The van der Waals surface area contributed by atoms with Gasteiger partial charge in [0.05, 0.1) is 22.6 Å². The second-order valence-corrected chi connectivity index (χ2v) is 8.31. The molecule has 1 amide bonds. The highest BCUT2D eigenvalue weighted by Gasteiger charge is 2.33. The Labute approximate surface area is 187 Å². The van der Waals surface area contributed by atoms with Crippen LogP contribution in [0.1, 0.15) is 12.0 Å². The number of alkyl halides is 3. The Hall–Kier alpha value is -2.95. The number of halogens is 3. The first kappa shape index (κ1) is 22.3. The highest BCUT2D eigenvalue weighted by molar-refractivity contribution is 7.99. The molecule has 0 radical (unpaired) electrons. The van der Waals surface area contributed by atoms with E-state index in [1.54, 1.807) is 0 Å². The fourth-order valence-corrected chi connectivity index (χ4v) is 4.44. The van der Waals surface area contributed by atoms with Crippen molar-refractivity contribution >= 4 is 34.7 Å². The molecule has 0 spiro atoms. The molecule has 32 heavy (non-hydrogen) atoms. The molecule has 0 aliphatic carbocycles. The summed E-state index contributed by atoms with van der Waals surface area (Å²) in [7, 11) is 0. The van der Waals surface area contributed by atoms with Crippen LogP contribution in [0.4, 0.5) is 30.2 Å². The first-order valence-corrected chi connectivity index (χ1v) is 10.8. The van der Waals surface area contributed by atoms with Crippen LogP contribution in [0.3, 0.4) is 0 Å². The van der Waals surface area contributed by atoms with Crippen molar-refractivity contribution in [3.8, 4) is 5.69 Å². The van der Waals surface area contributed by atoms with Crippen LogP contribution in [-0.4, -0.2) is 30.1 Å². The van der Waals surface area contributed by atoms with E-state index < -0.39 is 11.7 Å². The number of anilines is 3. The Morgan fingerprint density at radius 1 is 1.09 bits per heavy atom. The number of hydrogen-bond donors (Lipinski definition) is 4. The standard InChI is InChI=1S/C22H22F3N5OS/c23-22(24,25)14-11-17(28-20(31)5-7-27-8-6-26)21-19(12-14)32-18-13-15(3-4-16(18)29-21)30-9-1-2-10-30/h1-4,9-13,27,29H,5-8,26H2,(H,28,31). The second-order valence-electron chi connectivity index (χ2n) is 7.23. The van der Waals surface area contributed by atoms with Crippen LogP contribution in [0.5, 0.6) is 0 Å². The topological polar surface area (TPSA) is 84.1 Å². The number of benzene rings is 2. The SMILES string of the molecule is NCCNCCC(=O)Nc1cc(C(F)(F)F)cc2c1Nc1ccc(-n3cccc3)cc1S2. The third kappa shape index (κ3) is 4.93. The van der Waals surface area contributed by atoms with Gasteiger partial charge < -0.3 is 26.3 Å². The Bertz CT molecular complexity index is 1120. The van der Waals surface area contributed by atoms with Crippen molar-refractivity contribution in [2.75, 3.05) is 30.3 Å². The van der Waals surface area contributed by atoms with Gasteiger partial charge in [-0.05, 0) is 42.5 Å². The van der Waals surface area contributed by atoms with Crippen LogP contribution in [0.25, 0.3) is 5.69 Å². The van der Waals surface area contributed by atoms with E-state index in [9.17, 15) is 18.0 Å². The summed E-state index contributed by atoms with van der Waals surface area (Å²) in [5.74, 6) is -0.378. The number of fused-ring (bicyclic) bond motifs is 2. The molecule has 0 atom stereocenters. The van der Waals surface area contributed by atoms with Crippen LogP contribution in [-0.2, 0) is 11.0 Å². The van der Waals surface area contributed by atoms with Crippen LogP contribution in [0.15, 0.2) is 64.6 Å². The number of rotatable bonds is 7. The molecule has 0 saturated carbocycles. The zero-order valence-corrected chi connectivity index (χ0v) is 17.8. The average molecular weight is 462 g/mol. The van der Waals surface area contributed by atoms with Gasteiger partial charge in [-0.2, -0.15) is 13.2 Å². The smallest absolute Gasteiger partial charge is 0.352 e. The van der Waals surface area contributed by atoms with Gasteiger partial charge >= 0.3 is 6.18 Å². The summed E-state index contributed by atoms with van der Waals surface area (Å²) in [6.45, 7) is 1.39. The number of hydrogen-bond acceptors (Lipinski definition) is 5. The molecule has 4 rings (SSSR count). The maximum atomic E-state index is 13.5. The van der Waals surface area contributed by atoms with E-state index in [1.807, 2.05) is 47.3 Å². The lowest BCUT2D eigenvalue weighted by molar-refractivity contribution is -0.137. The summed E-state index contributed by atoms with van der Waals surface area (Å²) < 4.78 is 42.5. The van der Waals surface area contributed by atoms with E-state index in [-0.39, 0.29) is 18.0 Å². The van der Waals surface area contributed by atoms with E-state index in [0.29, 0.717) is 30.2 Å². The van der Waals surface area contributed by atoms with Crippen LogP contribution < -0.4 is 21.7 Å². The number of nitrogens with one attached hydrogen (secondary N) is 3. The lowest BCUT2D eigenvalue weighted by atomic mass is 10.1. The summed E-state index contributed by atoms with van der Waals surface area (Å²) in [6, 6.07) is 11.6. The normalized spacial score (nSPS) is 12.6. The number of amides is 1. The van der Waals surface area contributed by atoms with Crippen molar-refractivity contribution in [2.45, 2.75) is 22.4 Å². The summed E-state index contributed by atoms with van der Waals surface area (Å²) in [5.41, 5.74) is 6.80. The fourth-order valence-electron chi connectivity index (χ4n) is 3.35. The molecule has 0 saturated heterocycles. The zero-order valence-electron chi connectivity index (χ0n) is 17.0. The Kier molecular flexibility index (Phi) is 6.45. The summed E-state index contributed by atoms with van der Waals surface area (Å²) >= 11 is 1.24. The zero-order chi connectivity index (χ0) is 22.7. The molecule has 0 bridgehead atoms. The number of carbonyl (C=O) groups excluding carboxylic acids is 1. The van der Waals surface area contributed by atoms with Gasteiger partial charge in [-0.15, -0.1) is 0 Å². The van der Waals surface area contributed by atoms with E-state index in [2.05, 4.69) is 16.0 Å². The first-order chi connectivity index (χ1) is 15.3. The van der Waals surface area contributed by atoms with Crippen molar-refractivity contribution in [1.82, 2.24) is 9.88 Å². The van der Waals surface area contributed by atoms with E-state index in [1.165, 1.54) is 11.8 Å². The van der Waals surface area contributed by atoms with E-state index in [4.69, 9.17) is 5.73 Å². The number of nitrogens with two attached hydrogens (primary N) is 1. The minimum Gasteiger partial charge on any atom is -0.352 e. The van der Waals surface area contributed by atoms with Gasteiger partial charge in [0, 0.05) is 53.9 Å². The minimum atomic E-state index is -4.54. The highest BCUT2D eigenvalue weighted by atomic mass is 32.2. The van der Waals surface area contributed by atoms with Crippen molar-refractivity contribution in [3.05, 3.63) is 60.4 Å². The average Bonchev–Trinajstić information content (AvgIpc) is 3.29. The molecule has 2 aromatic carbocycles. The van der Waals surface area contributed by atoms with Gasteiger partial charge in [0.15, 0.2) is 0 Å². The summed E-state index contributed by atoms with van der Waals surface area (Å²) in [6.07, 6.45) is -0.622. The molecular formula is C22H22F3N5OS. The lowest BCUT2D eigenvalue weighted by Crippen LogP contribution is -2.26. The third-order valence-electron chi connectivity index (χ3n) is 4.90. The molecule has 6 nitrogen and oxygen atoms in total. The molecule has 10 heteroatoms. The van der Waals surface area contributed by atoms with Gasteiger partial charge in [-0.3, -0.25) is 4.79 Å². The van der Waals surface area contributed by atoms with Gasteiger partial charge in [-0.25, -0.2) is 0 Å². The predicted molar refractivity (Wildman–Crippen MR) is 120 cm³/mol. The number of aromatic nitrogens is 1. The molecule has 2 heterocycles. The molecular weight excluding hydrogens is 439 g/mol. The molecule has 0 unspecified atom stereocenters. The molecule has 0 fully saturated rings. The van der Waals surface area contributed by atoms with Crippen LogP contribution in [0, 0.1) is 0 Å². The Morgan fingerprint density at radius 2 is 1.88 bits per heavy atom.